The number of rotatable bonds is 3. The van der Waals surface area contributed by atoms with Gasteiger partial charge in [0.1, 0.15) is 5.75 Å². The minimum atomic E-state index is -0.00195. The minimum Gasteiger partial charge on any atom is -0.493 e. The predicted molar refractivity (Wildman–Crippen MR) is 86.7 cm³/mol. The smallest absolute Gasteiger partial charge is 0.122 e. The molecule has 0 aromatic heterocycles. The third kappa shape index (κ3) is 2.95. The van der Waals surface area contributed by atoms with Crippen molar-refractivity contribution in [2.75, 3.05) is 19.7 Å². The molecule has 3 heteroatoms. The average molecular weight is 288 g/mol. The van der Waals surface area contributed by atoms with E-state index in [9.17, 15) is 0 Å². The summed E-state index contributed by atoms with van der Waals surface area (Å²) in [5, 5.41) is 0. The highest BCUT2D eigenvalue weighted by molar-refractivity contribution is 5.41. The Morgan fingerprint density at radius 3 is 2.57 bits per heavy atom. The third-order valence-electron chi connectivity index (χ3n) is 5.25. The van der Waals surface area contributed by atoms with Gasteiger partial charge in [-0.2, -0.15) is 0 Å². The SMILES string of the molecule is CC(C)(C(N)c1ccc2c(c1)CCO2)N1CCCCCC1. The van der Waals surface area contributed by atoms with Gasteiger partial charge in [0.05, 0.1) is 6.61 Å². The summed E-state index contributed by atoms with van der Waals surface area (Å²) in [6, 6.07) is 6.54. The summed E-state index contributed by atoms with van der Waals surface area (Å²) in [6.45, 7) is 7.76. The number of ether oxygens (including phenoxy) is 1. The summed E-state index contributed by atoms with van der Waals surface area (Å²) in [5.74, 6) is 1.04. The van der Waals surface area contributed by atoms with E-state index in [0.29, 0.717) is 0 Å². The molecule has 3 nitrogen and oxygen atoms in total. The zero-order valence-corrected chi connectivity index (χ0v) is 13.4. The maximum absolute atomic E-state index is 6.67. The van der Waals surface area contributed by atoms with Crippen LogP contribution in [-0.2, 0) is 6.42 Å². The molecule has 0 saturated carbocycles. The van der Waals surface area contributed by atoms with E-state index in [4.69, 9.17) is 10.5 Å². The van der Waals surface area contributed by atoms with E-state index >= 15 is 0 Å². The Bertz CT molecular complexity index is 490. The number of benzene rings is 1. The summed E-state index contributed by atoms with van der Waals surface area (Å²) in [7, 11) is 0. The first kappa shape index (κ1) is 14.9. The molecule has 1 aromatic rings. The summed E-state index contributed by atoms with van der Waals surface area (Å²) in [6.07, 6.45) is 6.33. The molecule has 1 unspecified atom stereocenters. The highest BCUT2D eigenvalue weighted by Gasteiger charge is 2.34. The highest BCUT2D eigenvalue weighted by atomic mass is 16.5. The molecule has 2 heterocycles. The van der Waals surface area contributed by atoms with Crippen LogP contribution in [0.4, 0.5) is 0 Å². The standard InChI is InChI=1S/C18H28N2O/c1-18(2,20-10-5-3-4-6-11-20)17(19)15-7-8-16-14(13-15)9-12-21-16/h7-8,13,17H,3-6,9-12,19H2,1-2H3. The van der Waals surface area contributed by atoms with Gasteiger partial charge >= 0.3 is 0 Å². The molecule has 2 N–H and O–H groups in total. The Balaban J connectivity index is 1.80. The number of hydrogen-bond donors (Lipinski definition) is 1. The van der Waals surface area contributed by atoms with Crippen molar-refractivity contribution in [2.24, 2.45) is 5.73 Å². The van der Waals surface area contributed by atoms with Gasteiger partial charge in [-0.1, -0.05) is 25.0 Å². The van der Waals surface area contributed by atoms with Gasteiger partial charge in [0.25, 0.3) is 0 Å². The summed E-state index contributed by atoms with van der Waals surface area (Å²) in [4.78, 5) is 2.59. The molecule has 2 aliphatic rings. The van der Waals surface area contributed by atoms with Crippen LogP contribution in [0.15, 0.2) is 18.2 Å². The molecule has 1 saturated heterocycles. The van der Waals surface area contributed by atoms with Crippen LogP contribution in [-0.4, -0.2) is 30.1 Å². The topological polar surface area (TPSA) is 38.5 Å². The first-order valence-electron chi connectivity index (χ1n) is 8.35. The van der Waals surface area contributed by atoms with Gasteiger partial charge in [0.15, 0.2) is 0 Å². The second-order valence-electron chi connectivity index (χ2n) is 7.00. The van der Waals surface area contributed by atoms with Crippen molar-refractivity contribution in [1.29, 1.82) is 0 Å². The van der Waals surface area contributed by atoms with Crippen molar-refractivity contribution >= 4 is 0 Å². The van der Waals surface area contributed by atoms with E-state index in [1.807, 2.05) is 0 Å². The fourth-order valence-electron chi connectivity index (χ4n) is 3.65. The normalized spacial score (nSPS) is 21.5. The Morgan fingerprint density at radius 2 is 1.86 bits per heavy atom. The summed E-state index contributed by atoms with van der Waals surface area (Å²) < 4.78 is 5.60. The maximum atomic E-state index is 6.67. The van der Waals surface area contributed by atoms with Gasteiger partial charge in [0, 0.05) is 18.0 Å². The van der Waals surface area contributed by atoms with Crippen LogP contribution in [0.25, 0.3) is 0 Å². The lowest BCUT2D eigenvalue weighted by molar-refractivity contribution is 0.0980. The molecule has 1 fully saturated rings. The van der Waals surface area contributed by atoms with Gasteiger partial charge in [-0.3, -0.25) is 4.90 Å². The van der Waals surface area contributed by atoms with Crippen LogP contribution in [0.2, 0.25) is 0 Å². The average Bonchev–Trinajstić information content (AvgIpc) is 2.77. The highest BCUT2D eigenvalue weighted by Crippen LogP contribution is 2.34. The lowest BCUT2D eigenvalue weighted by Gasteiger charge is -2.42. The first-order chi connectivity index (χ1) is 10.1. The molecule has 0 radical (unpaired) electrons. The minimum absolute atomic E-state index is 0.00195. The zero-order chi connectivity index (χ0) is 14.9. The van der Waals surface area contributed by atoms with E-state index in [0.717, 1.165) is 18.8 Å². The van der Waals surface area contributed by atoms with Crippen molar-refractivity contribution in [1.82, 2.24) is 4.90 Å². The van der Waals surface area contributed by atoms with Crippen LogP contribution < -0.4 is 10.5 Å². The Morgan fingerprint density at radius 1 is 1.14 bits per heavy atom. The molecule has 1 aromatic carbocycles. The molecular weight excluding hydrogens is 260 g/mol. The second kappa shape index (κ2) is 5.98. The second-order valence-corrected chi connectivity index (χ2v) is 7.00. The Labute approximate surface area is 128 Å². The van der Waals surface area contributed by atoms with E-state index in [1.54, 1.807) is 0 Å². The predicted octanol–water partition coefficient (Wildman–Crippen LogP) is 3.28. The maximum Gasteiger partial charge on any atom is 0.122 e. The monoisotopic (exact) mass is 288 g/mol. The van der Waals surface area contributed by atoms with Gasteiger partial charge in [-0.25, -0.2) is 0 Å². The molecule has 0 bridgehead atoms. The number of likely N-dealkylation sites (tertiary alicyclic amines) is 1. The van der Waals surface area contributed by atoms with Gasteiger partial charge in [-0.05, 0) is 57.0 Å². The van der Waals surface area contributed by atoms with Gasteiger partial charge < -0.3 is 10.5 Å². The molecule has 0 amide bonds. The van der Waals surface area contributed by atoms with Gasteiger partial charge in [-0.15, -0.1) is 0 Å². The van der Waals surface area contributed by atoms with Crippen molar-refractivity contribution in [2.45, 2.75) is 57.5 Å². The Hall–Kier alpha value is -1.06. The van der Waals surface area contributed by atoms with Crippen LogP contribution in [0, 0.1) is 0 Å². The van der Waals surface area contributed by atoms with E-state index in [2.05, 4.69) is 36.9 Å². The molecule has 3 rings (SSSR count). The molecule has 1 atom stereocenters. The molecule has 0 spiro atoms. The van der Waals surface area contributed by atoms with E-state index < -0.39 is 0 Å². The lowest BCUT2D eigenvalue weighted by atomic mass is 9.86. The van der Waals surface area contributed by atoms with Crippen molar-refractivity contribution in [3.63, 3.8) is 0 Å². The molecular formula is C18H28N2O. The first-order valence-corrected chi connectivity index (χ1v) is 8.35. The fraction of sp³-hybridized carbons (Fsp3) is 0.667. The van der Waals surface area contributed by atoms with E-state index in [-0.39, 0.29) is 11.6 Å². The molecule has 0 aliphatic carbocycles. The largest absolute Gasteiger partial charge is 0.493 e. The number of hydrogen-bond acceptors (Lipinski definition) is 3. The number of nitrogens with two attached hydrogens (primary N) is 1. The third-order valence-corrected chi connectivity index (χ3v) is 5.25. The summed E-state index contributed by atoms with van der Waals surface area (Å²) in [5.41, 5.74) is 9.22. The Kier molecular flexibility index (Phi) is 4.23. The van der Waals surface area contributed by atoms with Gasteiger partial charge in [0.2, 0.25) is 0 Å². The molecule has 2 aliphatic heterocycles. The quantitative estimate of drug-likeness (QED) is 0.927. The number of nitrogens with zero attached hydrogens (tertiary/aromatic N) is 1. The van der Waals surface area contributed by atoms with Crippen molar-refractivity contribution in [3.05, 3.63) is 29.3 Å². The number of fused-ring (bicyclic) bond motifs is 1. The lowest BCUT2D eigenvalue weighted by Crippen LogP contribution is -2.51. The zero-order valence-electron chi connectivity index (χ0n) is 13.4. The van der Waals surface area contributed by atoms with Crippen LogP contribution in [0.5, 0.6) is 5.75 Å². The van der Waals surface area contributed by atoms with Crippen LogP contribution >= 0.6 is 0 Å². The fourth-order valence-corrected chi connectivity index (χ4v) is 3.65. The molecule has 21 heavy (non-hydrogen) atoms. The van der Waals surface area contributed by atoms with Crippen molar-refractivity contribution < 1.29 is 4.74 Å². The van der Waals surface area contributed by atoms with Crippen LogP contribution in [0.1, 0.15) is 56.7 Å². The summed E-state index contributed by atoms with van der Waals surface area (Å²) >= 11 is 0. The van der Waals surface area contributed by atoms with Crippen LogP contribution in [0.3, 0.4) is 0 Å². The van der Waals surface area contributed by atoms with E-state index in [1.165, 1.54) is 49.9 Å². The molecule has 116 valence electrons. The van der Waals surface area contributed by atoms with Crippen molar-refractivity contribution in [3.8, 4) is 5.75 Å².